The van der Waals surface area contributed by atoms with Gasteiger partial charge in [-0.1, -0.05) is 19.1 Å². The first-order valence-corrected chi connectivity index (χ1v) is 9.54. The second-order valence-corrected chi connectivity index (χ2v) is 7.38. The summed E-state index contributed by atoms with van der Waals surface area (Å²) in [4.78, 5) is 26.2. The molecule has 0 saturated carbocycles. The highest BCUT2D eigenvalue weighted by atomic mass is 16.5. The SMILES string of the molecule is Cc1cccc(OCC(=O)Nc2ccc(N3CCC[C@H](C)C3)cc2C(=O)O)c1. The molecule has 1 aliphatic rings. The molecule has 2 aromatic carbocycles. The topological polar surface area (TPSA) is 78.9 Å². The molecule has 0 aromatic heterocycles. The molecule has 1 amide bonds. The summed E-state index contributed by atoms with van der Waals surface area (Å²) < 4.78 is 5.48. The molecule has 0 aliphatic carbocycles. The number of carbonyl (C=O) groups is 2. The number of nitrogens with one attached hydrogen (secondary N) is 1. The Kier molecular flexibility index (Phi) is 6.19. The van der Waals surface area contributed by atoms with Crippen molar-refractivity contribution in [1.82, 2.24) is 0 Å². The Balaban J connectivity index is 1.68. The van der Waals surface area contributed by atoms with Crippen molar-refractivity contribution in [2.45, 2.75) is 26.7 Å². The van der Waals surface area contributed by atoms with Gasteiger partial charge in [-0.15, -0.1) is 0 Å². The predicted octanol–water partition coefficient (Wildman–Crippen LogP) is 3.95. The smallest absolute Gasteiger partial charge is 0.337 e. The summed E-state index contributed by atoms with van der Waals surface area (Å²) in [5.41, 5.74) is 2.27. The fraction of sp³-hybridized carbons (Fsp3) is 0.364. The second-order valence-electron chi connectivity index (χ2n) is 7.38. The summed E-state index contributed by atoms with van der Waals surface area (Å²) in [7, 11) is 0. The first-order chi connectivity index (χ1) is 13.4. The van der Waals surface area contributed by atoms with Crippen molar-refractivity contribution in [3.63, 3.8) is 0 Å². The van der Waals surface area contributed by atoms with E-state index < -0.39 is 11.9 Å². The summed E-state index contributed by atoms with van der Waals surface area (Å²) in [6, 6.07) is 12.6. The molecule has 0 unspecified atom stereocenters. The van der Waals surface area contributed by atoms with E-state index in [2.05, 4.69) is 17.1 Å². The molecule has 6 heteroatoms. The average molecular weight is 382 g/mol. The molecule has 0 spiro atoms. The molecule has 6 nitrogen and oxygen atoms in total. The molecule has 1 heterocycles. The standard InChI is InChI=1S/C22H26N2O4/c1-15-5-3-7-18(11-15)28-14-21(25)23-20-9-8-17(12-19(20)22(26)27)24-10-4-6-16(2)13-24/h3,5,7-9,11-12,16H,4,6,10,13-14H2,1-2H3,(H,23,25)(H,26,27)/t16-/m0/s1. The van der Waals surface area contributed by atoms with Crippen molar-refractivity contribution in [1.29, 1.82) is 0 Å². The van der Waals surface area contributed by atoms with Crippen molar-refractivity contribution >= 4 is 23.3 Å². The van der Waals surface area contributed by atoms with Gasteiger partial charge < -0.3 is 20.1 Å². The van der Waals surface area contributed by atoms with Crippen LogP contribution in [0.25, 0.3) is 0 Å². The van der Waals surface area contributed by atoms with E-state index in [4.69, 9.17) is 4.74 Å². The van der Waals surface area contributed by atoms with Crippen LogP contribution >= 0.6 is 0 Å². The molecule has 1 fully saturated rings. The Hall–Kier alpha value is -3.02. The number of aromatic carboxylic acids is 1. The number of amides is 1. The van der Waals surface area contributed by atoms with Crippen LogP contribution in [-0.4, -0.2) is 36.7 Å². The molecule has 1 atom stereocenters. The van der Waals surface area contributed by atoms with E-state index in [0.717, 1.165) is 30.8 Å². The summed E-state index contributed by atoms with van der Waals surface area (Å²) in [6.07, 6.45) is 2.29. The Morgan fingerprint density at radius 1 is 1.25 bits per heavy atom. The van der Waals surface area contributed by atoms with E-state index in [1.54, 1.807) is 18.2 Å². The third-order valence-electron chi connectivity index (χ3n) is 4.89. The lowest BCUT2D eigenvalue weighted by atomic mass is 9.99. The van der Waals surface area contributed by atoms with Crippen molar-refractivity contribution in [3.8, 4) is 5.75 Å². The normalized spacial score (nSPS) is 16.5. The third-order valence-corrected chi connectivity index (χ3v) is 4.89. The highest BCUT2D eigenvalue weighted by Gasteiger charge is 2.20. The van der Waals surface area contributed by atoms with Crippen LogP contribution in [0.4, 0.5) is 11.4 Å². The molecular weight excluding hydrogens is 356 g/mol. The van der Waals surface area contributed by atoms with E-state index >= 15 is 0 Å². The second kappa shape index (κ2) is 8.78. The number of hydrogen-bond acceptors (Lipinski definition) is 4. The largest absolute Gasteiger partial charge is 0.484 e. The molecule has 2 N–H and O–H groups in total. The van der Waals surface area contributed by atoms with Crippen LogP contribution in [0.15, 0.2) is 42.5 Å². The number of piperidine rings is 1. The minimum Gasteiger partial charge on any atom is -0.484 e. The number of aryl methyl sites for hydroxylation is 1. The van der Waals surface area contributed by atoms with Gasteiger partial charge in [0.2, 0.25) is 0 Å². The summed E-state index contributed by atoms with van der Waals surface area (Å²) >= 11 is 0. The first-order valence-electron chi connectivity index (χ1n) is 9.54. The van der Waals surface area contributed by atoms with E-state index in [0.29, 0.717) is 11.7 Å². The van der Waals surface area contributed by atoms with Gasteiger partial charge in [-0.25, -0.2) is 4.79 Å². The summed E-state index contributed by atoms with van der Waals surface area (Å²) in [6.45, 7) is 5.78. The van der Waals surface area contributed by atoms with Crippen molar-refractivity contribution in [2.24, 2.45) is 5.92 Å². The fourth-order valence-electron chi connectivity index (χ4n) is 3.48. The quantitative estimate of drug-likeness (QED) is 0.791. The Labute approximate surface area is 165 Å². The maximum absolute atomic E-state index is 12.2. The number of ether oxygens (including phenoxy) is 1. The van der Waals surface area contributed by atoms with Gasteiger partial charge in [0.05, 0.1) is 11.3 Å². The number of carbonyl (C=O) groups excluding carboxylic acids is 1. The van der Waals surface area contributed by atoms with E-state index in [-0.39, 0.29) is 17.9 Å². The number of anilines is 2. The number of rotatable bonds is 6. The maximum atomic E-state index is 12.2. The monoisotopic (exact) mass is 382 g/mol. The van der Waals surface area contributed by atoms with Gasteiger partial charge in [-0.3, -0.25) is 4.79 Å². The van der Waals surface area contributed by atoms with E-state index in [1.807, 2.05) is 31.2 Å². The number of nitrogens with zero attached hydrogens (tertiary/aromatic N) is 1. The lowest BCUT2D eigenvalue weighted by molar-refractivity contribution is -0.118. The Bertz CT molecular complexity index is 865. The summed E-state index contributed by atoms with van der Waals surface area (Å²) in [5.74, 6) is -0.284. The van der Waals surface area contributed by atoms with Gasteiger partial charge in [0.15, 0.2) is 6.61 Å². The maximum Gasteiger partial charge on any atom is 0.337 e. The lowest BCUT2D eigenvalue weighted by Gasteiger charge is -2.33. The van der Waals surface area contributed by atoms with Crippen LogP contribution in [0.2, 0.25) is 0 Å². The third kappa shape index (κ3) is 5.03. The molecule has 28 heavy (non-hydrogen) atoms. The van der Waals surface area contributed by atoms with Gasteiger partial charge >= 0.3 is 5.97 Å². The van der Waals surface area contributed by atoms with Gasteiger partial charge in [-0.2, -0.15) is 0 Å². The van der Waals surface area contributed by atoms with E-state index in [9.17, 15) is 14.7 Å². The molecule has 0 bridgehead atoms. The minimum absolute atomic E-state index is 0.0830. The highest BCUT2D eigenvalue weighted by Crippen LogP contribution is 2.27. The van der Waals surface area contributed by atoms with E-state index in [1.165, 1.54) is 6.42 Å². The zero-order chi connectivity index (χ0) is 20.1. The first kappa shape index (κ1) is 19.7. The highest BCUT2D eigenvalue weighted by molar-refractivity contribution is 6.01. The molecule has 3 rings (SSSR count). The average Bonchev–Trinajstić information content (AvgIpc) is 2.66. The fourth-order valence-corrected chi connectivity index (χ4v) is 3.48. The number of carboxylic acid groups (broad SMARTS) is 1. The van der Waals surface area contributed by atoms with Crippen LogP contribution in [0.3, 0.4) is 0 Å². The molecule has 0 radical (unpaired) electrons. The van der Waals surface area contributed by atoms with Gasteiger partial charge in [0.1, 0.15) is 5.75 Å². The Morgan fingerprint density at radius 3 is 2.79 bits per heavy atom. The number of hydrogen-bond donors (Lipinski definition) is 2. The van der Waals surface area contributed by atoms with Gasteiger partial charge in [0.25, 0.3) is 5.91 Å². The van der Waals surface area contributed by atoms with Crippen molar-refractivity contribution in [3.05, 3.63) is 53.6 Å². The number of carboxylic acids is 1. The number of benzene rings is 2. The zero-order valence-corrected chi connectivity index (χ0v) is 16.3. The van der Waals surface area contributed by atoms with Crippen LogP contribution in [0, 0.1) is 12.8 Å². The van der Waals surface area contributed by atoms with Crippen LogP contribution in [0.5, 0.6) is 5.75 Å². The van der Waals surface area contributed by atoms with Crippen molar-refractivity contribution < 1.29 is 19.4 Å². The molecule has 1 saturated heterocycles. The minimum atomic E-state index is -1.07. The predicted molar refractivity (Wildman–Crippen MR) is 109 cm³/mol. The lowest BCUT2D eigenvalue weighted by Crippen LogP contribution is -2.34. The van der Waals surface area contributed by atoms with Gasteiger partial charge in [0, 0.05) is 18.8 Å². The van der Waals surface area contributed by atoms with Gasteiger partial charge in [-0.05, 0) is 61.6 Å². The molecule has 2 aromatic rings. The molecule has 148 valence electrons. The van der Waals surface area contributed by atoms with Crippen LogP contribution < -0.4 is 15.0 Å². The van der Waals surface area contributed by atoms with Crippen LogP contribution in [0.1, 0.15) is 35.7 Å². The van der Waals surface area contributed by atoms with Crippen molar-refractivity contribution in [2.75, 3.05) is 29.9 Å². The molecule has 1 aliphatic heterocycles. The summed E-state index contributed by atoms with van der Waals surface area (Å²) in [5, 5.41) is 12.2. The molecular formula is C22H26N2O4. The zero-order valence-electron chi connectivity index (χ0n) is 16.3. The van der Waals surface area contributed by atoms with Crippen LogP contribution in [-0.2, 0) is 4.79 Å². The Morgan fingerprint density at radius 2 is 2.07 bits per heavy atom.